The molecule has 0 unspecified atom stereocenters. The van der Waals surface area contributed by atoms with Gasteiger partial charge in [-0.05, 0) is 24.6 Å². The fourth-order valence-electron chi connectivity index (χ4n) is 1.98. The number of aryl methyl sites for hydroxylation is 1. The Morgan fingerprint density at radius 2 is 2.05 bits per heavy atom. The molecule has 0 spiro atoms. The highest BCUT2D eigenvalue weighted by molar-refractivity contribution is 5.47. The summed E-state index contributed by atoms with van der Waals surface area (Å²) < 4.78 is 35.8. The van der Waals surface area contributed by atoms with Crippen molar-refractivity contribution in [3.8, 4) is 11.5 Å². The monoisotopic (exact) mass is 297 g/mol. The van der Waals surface area contributed by atoms with Gasteiger partial charge in [0.25, 0.3) is 0 Å². The largest absolute Gasteiger partial charge is 0.493 e. The highest BCUT2D eigenvalue weighted by Gasteiger charge is 2.14. The summed E-state index contributed by atoms with van der Waals surface area (Å²) in [5.74, 6) is 0.289. The smallest absolute Gasteiger partial charge is 0.387 e. The zero-order chi connectivity index (χ0) is 15.4. The average Bonchev–Trinajstić information content (AvgIpc) is 2.83. The molecule has 0 aliphatic rings. The van der Waals surface area contributed by atoms with E-state index in [9.17, 15) is 8.78 Å². The zero-order valence-corrected chi connectivity index (χ0v) is 12.0. The van der Waals surface area contributed by atoms with E-state index in [-0.39, 0.29) is 17.5 Å². The summed E-state index contributed by atoms with van der Waals surface area (Å²) in [7, 11) is 3.24. The third-order valence-electron chi connectivity index (χ3n) is 2.99. The molecule has 7 heteroatoms. The lowest BCUT2D eigenvalue weighted by Crippen LogP contribution is -2.08. The van der Waals surface area contributed by atoms with E-state index in [1.807, 2.05) is 20.2 Å². The Kier molecular flexibility index (Phi) is 4.62. The van der Waals surface area contributed by atoms with Gasteiger partial charge < -0.3 is 14.8 Å². The van der Waals surface area contributed by atoms with E-state index in [2.05, 4.69) is 15.2 Å². The second kappa shape index (κ2) is 6.43. The molecule has 114 valence electrons. The number of benzene rings is 1. The fraction of sp³-hybridized carbons (Fsp3) is 0.357. The van der Waals surface area contributed by atoms with Gasteiger partial charge in [0.05, 0.1) is 19.0 Å². The lowest BCUT2D eigenvalue weighted by molar-refractivity contribution is -0.0512. The van der Waals surface area contributed by atoms with E-state index < -0.39 is 6.61 Å². The van der Waals surface area contributed by atoms with Crippen LogP contribution < -0.4 is 14.8 Å². The van der Waals surface area contributed by atoms with Gasteiger partial charge in [0, 0.05) is 19.3 Å². The molecule has 1 aromatic heterocycles. The molecule has 1 N–H and O–H groups in total. The standard InChI is InChI=1S/C14H17F2N3O2/c1-9(18-11-7-17-19(2)8-11)10-4-5-12(21-14(15)16)13(6-10)20-3/h4-9,14,18H,1-3H3/t9-/m1/s1. The van der Waals surface area contributed by atoms with Crippen LogP contribution in [-0.4, -0.2) is 23.5 Å². The topological polar surface area (TPSA) is 48.3 Å². The van der Waals surface area contributed by atoms with Crippen LogP contribution in [0.25, 0.3) is 0 Å². The number of nitrogens with zero attached hydrogens (tertiary/aromatic N) is 2. The van der Waals surface area contributed by atoms with E-state index in [0.717, 1.165) is 11.3 Å². The Labute approximate surface area is 121 Å². The summed E-state index contributed by atoms with van der Waals surface area (Å²) in [6, 6.07) is 4.82. The van der Waals surface area contributed by atoms with E-state index in [4.69, 9.17) is 4.74 Å². The third kappa shape index (κ3) is 3.84. The second-order valence-electron chi connectivity index (χ2n) is 4.56. The van der Waals surface area contributed by atoms with Crippen molar-refractivity contribution < 1.29 is 18.3 Å². The van der Waals surface area contributed by atoms with Gasteiger partial charge >= 0.3 is 6.61 Å². The molecule has 0 radical (unpaired) electrons. The van der Waals surface area contributed by atoms with Gasteiger partial charge in [-0.25, -0.2) is 0 Å². The predicted octanol–water partition coefficient (Wildman–Crippen LogP) is 3.20. The molecule has 0 saturated carbocycles. The molecule has 0 saturated heterocycles. The summed E-state index contributed by atoms with van der Waals surface area (Å²) in [5.41, 5.74) is 1.76. The molecular formula is C14H17F2N3O2. The Balaban J connectivity index is 2.15. The van der Waals surface area contributed by atoms with E-state index in [1.165, 1.54) is 13.2 Å². The number of methoxy groups -OCH3 is 1. The SMILES string of the molecule is COc1cc([C@@H](C)Nc2cnn(C)c2)ccc1OC(F)F. The van der Waals surface area contributed by atoms with Crippen LogP contribution in [0.15, 0.2) is 30.6 Å². The van der Waals surface area contributed by atoms with Crippen molar-refractivity contribution in [2.24, 2.45) is 7.05 Å². The highest BCUT2D eigenvalue weighted by Crippen LogP contribution is 2.32. The Hall–Kier alpha value is -2.31. The average molecular weight is 297 g/mol. The minimum Gasteiger partial charge on any atom is -0.493 e. The van der Waals surface area contributed by atoms with Gasteiger partial charge in [0.1, 0.15) is 0 Å². The molecule has 1 heterocycles. The lowest BCUT2D eigenvalue weighted by Gasteiger charge is -2.17. The Morgan fingerprint density at radius 1 is 1.29 bits per heavy atom. The fourth-order valence-corrected chi connectivity index (χ4v) is 1.98. The summed E-state index contributed by atoms with van der Waals surface area (Å²) in [4.78, 5) is 0. The van der Waals surface area contributed by atoms with Crippen LogP contribution in [0.2, 0.25) is 0 Å². The molecule has 5 nitrogen and oxygen atoms in total. The Morgan fingerprint density at radius 3 is 2.62 bits per heavy atom. The van der Waals surface area contributed by atoms with Crippen LogP contribution in [-0.2, 0) is 7.05 Å². The first-order valence-electron chi connectivity index (χ1n) is 6.37. The number of aromatic nitrogens is 2. The van der Waals surface area contributed by atoms with Crippen LogP contribution >= 0.6 is 0 Å². The molecule has 0 aliphatic carbocycles. The van der Waals surface area contributed by atoms with Crippen LogP contribution in [0, 0.1) is 0 Å². The normalized spacial score (nSPS) is 12.3. The van der Waals surface area contributed by atoms with E-state index in [0.29, 0.717) is 0 Å². The summed E-state index contributed by atoms with van der Waals surface area (Å²) in [5, 5.41) is 7.33. The van der Waals surface area contributed by atoms with E-state index in [1.54, 1.807) is 23.0 Å². The van der Waals surface area contributed by atoms with Crippen molar-refractivity contribution in [3.05, 3.63) is 36.2 Å². The molecule has 1 atom stereocenters. The molecule has 0 aliphatic heterocycles. The maximum atomic E-state index is 12.3. The predicted molar refractivity (Wildman–Crippen MR) is 74.9 cm³/mol. The molecule has 0 amide bonds. The number of ether oxygens (including phenoxy) is 2. The van der Waals surface area contributed by atoms with Crippen LogP contribution in [0.4, 0.5) is 14.5 Å². The molecule has 0 fully saturated rings. The number of alkyl halides is 2. The lowest BCUT2D eigenvalue weighted by atomic mass is 10.1. The highest BCUT2D eigenvalue weighted by atomic mass is 19.3. The quantitative estimate of drug-likeness (QED) is 0.889. The number of nitrogens with one attached hydrogen (secondary N) is 1. The van der Waals surface area contributed by atoms with Gasteiger partial charge in [-0.2, -0.15) is 13.9 Å². The number of rotatable bonds is 6. The van der Waals surface area contributed by atoms with Gasteiger partial charge in [-0.1, -0.05) is 6.07 Å². The molecule has 21 heavy (non-hydrogen) atoms. The summed E-state index contributed by atoms with van der Waals surface area (Å²) in [6.07, 6.45) is 3.56. The van der Waals surface area contributed by atoms with Crippen molar-refractivity contribution >= 4 is 5.69 Å². The van der Waals surface area contributed by atoms with Crippen molar-refractivity contribution in [3.63, 3.8) is 0 Å². The van der Waals surface area contributed by atoms with Gasteiger partial charge in [-0.15, -0.1) is 0 Å². The van der Waals surface area contributed by atoms with Crippen molar-refractivity contribution in [1.29, 1.82) is 0 Å². The van der Waals surface area contributed by atoms with Crippen LogP contribution in [0.1, 0.15) is 18.5 Å². The van der Waals surface area contributed by atoms with Crippen LogP contribution in [0.3, 0.4) is 0 Å². The van der Waals surface area contributed by atoms with E-state index >= 15 is 0 Å². The summed E-state index contributed by atoms with van der Waals surface area (Å²) >= 11 is 0. The molecular weight excluding hydrogens is 280 g/mol. The van der Waals surface area contributed by atoms with Gasteiger partial charge in [0.2, 0.25) is 0 Å². The Bertz CT molecular complexity index is 602. The number of hydrogen-bond donors (Lipinski definition) is 1. The number of halogens is 2. The summed E-state index contributed by atoms with van der Waals surface area (Å²) in [6.45, 7) is -0.925. The van der Waals surface area contributed by atoms with Crippen LogP contribution in [0.5, 0.6) is 11.5 Å². The maximum Gasteiger partial charge on any atom is 0.387 e. The van der Waals surface area contributed by atoms with Crippen molar-refractivity contribution in [2.45, 2.75) is 19.6 Å². The second-order valence-corrected chi connectivity index (χ2v) is 4.56. The van der Waals surface area contributed by atoms with Gasteiger partial charge in [0.15, 0.2) is 11.5 Å². The minimum atomic E-state index is -2.88. The minimum absolute atomic E-state index is 0.0184. The zero-order valence-electron chi connectivity index (χ0n) is 12.0. The molecule has 2 rings (SSSR count). The number of anilines is 1. The first-order chi connectivity index (χ1) is 9.99. The molecule has 2 aromatic rings. The first-order valence-corrected chi connectivity index (χ1v) is 6.37. The van der Waals surface area contributed by atoms with Crippen molar-refractivity contribution in [1.82, 2.24) is 9.78 Å². The molecule has 0 bridgehead atoms. The third-order valence-corrected chi connectivity index (χ3v) is 2.99. The van der Waals surface area contributed by atoms with Crippen molar-refractivity contribution in [2.75, 3.05) is 12.4 Å². The van der Waals surface area contributed by atoms with Gasteiger partial charge in [-0.3, -0.25) is 4.68 Å². The molecule has 1 aromatic carbocycles. The number of hydrogen-bond acceptors (Lipinski definition) is 4. The maximum absolute atomic E-state index is 12.3. The first kappa shape index (κ1) is 15.1.